The number of para-hydroxylation sites is 1. The predicted octanol–water partition coefficient (Wildman–Crippen LogP) is 14.1. The molecule has 0 spiro atoms. The zero-order chi connectivity index (χ0) is 41.0. The van der Waals surface area contributed by atoms with Crippen LogP contribution in [0.15, 0.2) is 212 Å². The van der Waals surface area contributed by atoms with E-state index in [0.29, 0.717) is 17.5 Å². The number of benzene rings is 8. The van der Waals surface area contributed by atoms with Gasteiger partial charge in [-0.15, -0.1) is 0 Å². The number of rotatable bonds is 7. The molecule has 0 fully saturated rings. The lowest BCUT2D eigenvalue weighted by Crippen LogP contribution is -2.13. The zero-order valence-electron chi connectivity index (χ0n) is 33.6. The number of aromatic nitrogens is 4. The molecule has 2 unspecified atom stereocenters. The van der Waals surface area contributed by atoms with Crippen LogP contribution in [-0.4, -0.2) is 19.5 Å². The first-order valence-electron chi connectivity index (χ1n) is 21.1. The Hall–Kier alpha value is -8.15. The van der Waals surface area contributed by atoms with Gasteiger partial charge in [0, 0.05) is 44.8 Å². The molecule has 0 amide bonds. The first kappa shape index (κ1) is 35.8. The van der Waals surface area contributed by atoms with Gasteiger partial charge >= 0.3 is 0 Å². The van der Waals surface area contributed by atoms with E-state index in [9.17, 15) is 0 Å². The van der Waals surface area contributed by atoms with E-state index in [4.69, 9.17) is 19.7 Å². The smallest absolute Gasteiger partial charge is 0.164 e. The number of nitrogens with zero attached hydrogens (tertiary/aromatic N) is 4. The van der Waals surface area contributed by atoms with Gasteiger partial charge in [0.1, 0.15) is 11.9 Å². The molecule has 0 saturated carbocycles. The van der Waals surface area contributed by atoms with Crippen molar-refractivity contribution >= 4 is 17.0 Å². The van der Waals surface area contributed by atoms with Gasteiger partial charge < -0.3 is 9.30 Å². The standard InChI is InChI=1S/C57H38N4O/c1-4-15-37(16-5-1)40-21-12-24-43(33-40)55-58-56(44-25-13-22-41(34-44)38-17-6-2-7-18-38)60-57(59-55)45-29-32-52-49(36-45)47-30-31-51-53(54(47)62-52)48-27-10-11-28-50(48)61(51)46-26-14-23-42(35-46)39-19-8-3-9-20-39/h1-36,47,54H. The number of hydrogen-bond acceptors (Lipinski definition) is 4. The summed E-state index contributed by atoms with van der Waals surface area (Å²) in [5.41, 5.74) is 15.4. The normalized spacial score (nSPS) is 14.8. The predicted molar refractivity (Wildman–Crippen MR) is 251 cm³/mol. The molecule has 2 atom stereocenters. The van der Waals surface area contributed by atoms with Crippen molar-refractivity contribution in [2.75, 3.05) is 0 Å². The fourth-order valence-corrected chi connectivity index (χ4v) is 9.25. The molecule has 292 valence electrons. The Kier molecular flexibility index (Phi) is 8.56. The highest BCUT2D eigenvalue weighted by Gasteiger charge is 2.40. The summed E-state index contributed by atoms with van der Waals surface area (Å²) in [6.07, 6.45) is 4.41. The molecule has 0 radical (unpaired) electrons. The van der Waals surface area contributed by atoms with Crippen LogP contribution >= 0.6 is 0 Å². The summed E-state index contributed by atoms with van der Waals surface area (Å²) in [7, 11) is 0. The Morgan fingerprint density at radius 3 is 1.48 bits per heavy atom. The van der Waals surface area contributed by atoms with Crippen molar-refractivity contribution in [1.29, 1.82) is 0 Å². The van der Waals surface area contributed by atoms with Crippen molar-refractivity contribution in [2.24, 2.45) is 0 Å². The minimum atomic E-state index is -0.186. The topological polar surface area (TPSA) is 52.8 Å². The van der Waals surface area contributed by atoms with Crippen molar-refractivity contribution in [3.05, 3.63) is 229 Å². The average Bonchev–Trinajstić information content (AvgIpc) is 3.90. The highest BCUT2D eigenvalue weighted by atomic mass is 16.5. The zero-order valence-corrected chi connectivity index (χ0v) is 33.6. The van der Waals surface area contributed by atoms with Crippen LogP contribution in [0.3, 0.4) is 0 Å². The van der Waals surface area contributed by atoms with Gasteiger partial charge in [-0.3, -0.25) is 0 Å². The van der Waals surface area contributed by atoms with Gasteiger partial charge in [0.25, 0.3) is 0 Å². The highest BCUT2D eigenvalue weighted by Crippen LogP contribution is 2.53. The minimum absolute atomic E-state index is 0.0123. The average molecular weight is 795 g/mol. The molecule has 1 aliphatic carbocycles. The van der Waals surface area contributed by atoms with Gasteiger partial charge in [-0.05, 0) is 88.0 Å². The van der Waals surface area contributed by atoms with E-state index < -0.39 is 0 Å². The van der Waals surface area contributed by atoms with Crippen molar-refractivity contribution in [1.82, 2.24) is 19.5 Å². The maximum Gasteiger partial charge on any atom is 0.164 e. The van der Waals surface area contributed by atoms with Crippen LogP contribution in [0.25, 0.3) is 90.2 Å². The molecule has 1 aliphatic heterocycles. The van der Waals surface area contributed by atoms with E-state index in [1.165, 1.54) is 22.1 Å². The van der Waals surface area contributed by atoms with E-state index in [1.54, 1.807) is 0 Å². The molecule has 0 bridgehead atoms. The first-order valence-corrected chi connectivity index (χ1v) is 21.1. The maximum absolute atomic E-state index is 6.96. The second-order valence-corrected chi connectivity index (χ2v) is 15.9. The first-order chi connectivity index (χ1) is 30.7. The maximum atomic E-state index is 6.96. The largest absolute Gasteiger partial charge is 0.484 e. The third-order valence-corrected chi connectivity index (χ3v) is 12.2. The SMILES string of the molecule is C1=CC2c3cc(-c4nc(-c5cccc(-c6ccccc6)c5)nc(-c5cccc(-c6ccccc6)c5)n4)ccc3OC2c2c1n(-c1cccc(-c3ccccc3)c1)c1ccccc21. The summed E-state index contributed by atoms with van der Waals surface area (Å²) >= 11 is 0. The quantitative estimate of drug-likeness (QED) is 0.161. The summed E-state index contributed by atoms with van der Waals surface area (Å²) in [6, 6.07) is 72.2. The molecule has 10 aromatic rings. The number of hydrogen-bond donors (Lipinski definition) is 0. The van der Waals surface area contributed by atoms with Crippen LogP contribution in [0.5, 0.6) is 5.75 Å². The minimum Gasteiger partial charge on any atom is -0.484 e. The molecular weight excluding hydrogens is 757 g/mol. The van der Waals surface area contributed by atoms with E-state index in [0.717, 1.165) is 67.2 Å². The van der Waals surface area contributed by atoms with Gasteiger partial charge in [0.05, 0.1) is 11.2 Å². The summed E-state index contributed by atoms with van der Waals surface area (Å²) in [6.45, 7) is 0. The van der Waals surface area contributed by atoms with Crippen molar-refractivity contribution in [2.45, 2.75) is 12.0 Å². The fraction of sp³-hybridized carbons (Fsp3) is 0.0351. The Balaban J connectivity index is 0.958. The van der Waals surface area contributed by atoms with E-state index in [2.05, 4.69) is 211 Å². The number of fused-ring (bicyclic) bond motifs is 7. The molecule has 0 N–H and O–H groups in total. The Morgan fingerprint density at radius 2 is 0.887 bits per heavy atom. The van der Waals surface area contributed by atoms with Gasteiger partial charge in [0.15, 0.2) is 17.5 Å². The van der Waals surface area contributed by atoms with Crippen molar-refractivity contribution in [3.63, 3.8) is 0 Å². The Labute approximate surface area is 360 Å². The van der Waals surface area contributed by atoms with Gasteiger partial charge in [-0.1, -0.05) is 164 Å². The molecule has 3 heterocycles. The lowest BCUT2D eigenvalue weighted by molar-refractivity contribution is 0.224. The Bertz CT molecular complexity index is 3240. The lowest BCUT2D eigenvalue weighted by atomic mass is 9.85. The summed E-state index contributed by atoms with van der Waals surface area (Å²) in [5, 5.41) is 1.20. The monoisotopic (exact) mass is 794 g/mol. The summed E-state index contributed by atoms with van der Waals surface area (Å²) in [5.74, 6) is 2.74. The third kappa shape index (κ3) is 6.22. The fourth-order valence-electron chi connectivity index (χ4n) is 9.25. The molecular formula is C57H38N4O. The highest BCUT2D eigenvalue weighted by molar-refractivity contribution is 5.92. The molecule has 2 aromatic heterocycles. The Morgan fingerprint density at radius 1 is 0.403 bits per heavy atom. The molecule has 5 nitrogen and oxygen atoms in total. The van der Waals surface area contributed by atoms with Crippen LogP contribution in [0.1, 0.15) is 28.8 Å². The molecule has 62 heavy (non-hydrogen) atoms. The van der Waals surface area contributed by atoms with Gasteiger partial charge in [-0.2, -0.15) is 0 Å². The second kappa shape index (κ2) is 14.8. The third-order valence-electron chi connectivity index (χ3n) is 12.2. The number of ether oxygens (including phenoxy) is 1. The van der Waals surface area contributed by atoms with Gasteiger partial charge in [-0.25, -0.2) is 15.0 Å². The molecule has 8 aromatic carbocycles. The van der Waals surface area contributed by atoms with Crippen LogP contribution in [-0.2, 0) is 0 Å². The molecule has 0 saturated heterocycles. The van der Waals surface area contributed by atoms with E-state index in [1.807, 2.05) is 12.1 Å². The van der Waals surface area contributed by atoms with E-state index >= 15 is 0 Å². The van der Waals surface area contributed by atoms with Crippen molar-refractivity contribution in [3.8, 4) is 79.0 Å². The summed E-state index contributed by atoms with van der Waals surface area (Å²) < 4.78 is 9.34. The lowest BCUT2D eigenvalue weighted by Gasteiger charge is -2.22. The van der Waals surface area contributed by atoms with Crippen LogP contribution in [0, 0.1) is 0 Å². The molecule has 12 rings (SSSR count). The molecule has 5 heteroatoms. The van der Waals surface area contributed by atoms with Crippen LogP contribution in [0.2, 0.25) is 0 Å². The van der Waals surface area contributed by atoms with Crippen LogP contribution < -0.4 is 4.74 Å². The van der Waals surface area contributed by atoms with Crippen molar-refractivity contribution < 1.29 is 4.74 Å². The summed E-state index contributed by atoms with van der Waals surface area (Å²) in [4.78, 5) is 15.6. The second-order valence-electron chi connectivity index (χ2n) is 15.9. The van der Waals surface area contributed by atoms with E-state index in [-0.39, 0.29) is 12.0 Å². The molecule has 2 aliphatic rings. The van der Waals surface area contributed by atoms with Crippen LogP contribution in [0.4, 0.5) is 0 Å². The van der Waals surface area contributed by atoms with Gasteiger partial charge in [0.2, 0.25) is 0 Å².